The van der Waals surface area contributed by atoms with Gasteiger partial charge in [-0.15, -0.1) is 0 Å². The molecule has 3 aromatic rings. The Bertz CT molecular complexity index is 772. The van der Waals surface area contributed by atoms with E-state index in [-0.39, 0.29) is 5.91 Å². The first-order valence-electron chi connectivity index (χ1n) is 8.65. The Labute approximate surface area is 155 Å². The van der Waals surface area contributed by atoms with Crippen molar-refractivity contribution in [3.05, 3.63) is 84.7 Å². The van der Waals surface area contributed by atoms with Crippen molar-refractivity contribution in [3.63, 3.8) is 0 Å². The molecule has 0 aliphatic rings. The van der Waals surface area contributed by atoms with Crippen molar-refractivity contribution in [2.45, 2.75) is 12.8 Å². The number of carbonyl (C=O) groups is 1. The van der Waals surface area contributed by atoms with Crippen molar-refractivity contribution in [1.29, 1.82) is 0 Å². The normalized spacial score (nSPS) is 9.77. The van der Waals surface area contributed by atoms with E-state index in [2.05, 4.69) is 15.6 Å². The van der Waals surface area contributed by atoms with Gasteiger partial charge in [0.1, 0.15) is 0 Å². The number of hydrogen-bond acceptors (Lipinski definition) is 3. The molecule has 0 saturated heterocycles. The lowest BCUT2D eigenvalue weighted by molar-refractivity contribution is -0.116. The van der Waals surface area contributed by atoms with Gasteiger partial charge in [0.25, 0.3) is 0 Å². The van der Waals surface area contributed by atoms with Crippen LogP contribution in [-0.2, 0) is 11.2 Å². The second-order valence-corrected chi connectivity index (χ2v) is 5.85. The maximum absolute atomic E-state index is 12.0. The molecule has 1 amide bonds. The maximum atomic E-state index is 12.0. The highest BCUT2D eigenvalue weighted by atomic mass is 16.1. The van der Waals surface area contributed by atoms with E-state index < -0.39 is 0 Å². The van der Waals surface area contributed by atoms with E-state index in [1.165, 1.54) is 5.56 Å². The average Bonchev–Trinajstić information content (AvgIpc) is 2.69. The first-order chi connectivity index (χ1) is 12.7. The third kappa shape index (κ3) is 6.49. The molecule has 0 aliphatic carbocycles. The van der Waals surface area contributed by atoms with Gasteiger partial charge in [-0.3, -0.25) is 9.78 Å². The molecule has 26 heavy (non-hydrogen) atoms. The van der Waals surface area contributed by atoms with Gasteiger partial charge in [0.05, 0.1) is 0 Å². The first kappa shape index (κ1) is 19.3. The molecule has 0 spiro atoms. The summed E-state index contributed by atoms with van der Waals surface area (Å²) in [5.41, 5.74) is 4.22. The number of anilines is 1. The van der Waals surface area contributed by atoms with Gasteiger partial charge >= 0.3 is 0 Å². The summed E-state index contributed by atoms with van der Waals surface area (Å²) in [6, 6.07) is 21.8. The molecule has 3 rings (SSSR count). The number of nitrogens with one attached hydrogen (secondary N) is 2. The smallest absolute Gasteiger partial charge is 0.224 e. The third-order valence-electron chi connectivity index (χ3n) is 3.67. The number of benzene rings is 2. The molecule has 0 atom stereocenters. The van der Waals surface area contributed by atoms with Gasteiger partial charge in [-0.25, -0.2) is 0 Å². The zero-order valence-corrected chi connectivity index (χ0v) is 15.3. The summed E-state index contributed by atoms with van der Waals surface area (Å²) in [4.78, 5) is 16.0. The molecule has 0 bridgehead atoms. The highest BCUT2D eigenvalue weighted by molar-refractivity contribution is 5.91. The van der Waals surface area contributed by atoms with Crippen LogP contribution in [0.15, 0.2) is 79.1 Å². The van der Waals surface area contributed by atoms with E-state index in [0.29, 0.717) is 6.42 Å². The Morgan fingerprint density at radius 3 is 2.04 bits per heavy atom. The van der Waals surface area contributed by atoms with E-state index >= 15 is 0 Å². The zero-order valence-electron chi connectivity index (χ0n) is 15.3. The minimum Gasteiger partial charge on any atom is -0.326 e. The number of hydrogen-bond donors (Lipinski definition) is 2. The fourth-order valence-electron chi connectivity index (χ4n) is 2.42. The molecule has 0 aliphatic heterocycles. The molecule has 1 heterocycles. The number of rotatable bonds is 5. The minimum atomic E-state index is 0.0329. The zero-order chi connectivity index (χ0) is 18.6. The van der Waals surface area contributed by atoms with Crippen molar-refractivity contribution in [3.8, 4) is 11.1 Å². The summed E-state index contributed by atoms with van der Waals surface area (Å²) in [7, 11) is 3.75. The van der Waals surface area contributed by atoms with Crippen LogP contribution in [0.1, 0.15) is 12.0 Å². The van der Waals surface area contributed by atoms with Gasteiger partial charge in [-0.1, -0.05) is 42.5 Å². The van der Waals surface area contributed by atoms with E-state index in [0.717, 1.165) is 23.2 Å². The van der Waals surface area contributed by atoms with Crippen LogP contribution in [-0.4, -0.2) is 25.0 Å². The van der Waals surface area contributed by atoms with Crippen LogP contribution in [0.3, 0.4) is 0 Å². The fraction of sp³-hybridized carbons (Fsp3) is 0.182. The number of amides is 1. The molecular formula is C22H25N3O. The highest BCUT2D eigenvalue weighted by Gasteiger charge is 2.04. The van der Waals surface area contributed by atoms with Gasteiger partial charge in [0.15, 0.2) is 0 Å². The van der Waals surface area contributed by atoms with Gasteiger partial charge < -0.3 is 10.6 Å². The topological polar surface area (TPSA) is 54.0 Å². The van der Waals surface area contributed by atoms with Crippen LogP contribution in [0, 0.1) is 0 Å². The molecule has 0 unspecified atom stereocenters. The molecule has 1 aromatic heterocycles. The number of pyridine rings is 1. The van der Waals surface area contributed by atoms with Crippen LogP contribution in [0.25, 0.3) is 11.1 Å². The van der Waals surface area contributed by atoms with E-state index in [1.807, 2.05) is 80.8 Å². The van der Waals surface area contributed by atoms with Gasteiger partial charge in [0, 0.05) is 24.5 Å². The third-order valence-corrected chi connectivity index (χ3v) is 3.67. The van der Waals surface area contributed by atoms with E-state index in [4.69, 9.17) is 0 Å². The van der Waals surface area contributed by atoms with Crippen molar-refractivity contribution >= 4 is 11.6 Å². The quantitative estimate of drug-likeness (QED) is 0.729. The molecule has 2 N–H and O–H groups in total. The minimum absolute atomic E-state index is 0.0329. The molecular weight excluding hydrogens is 322 g/mol. The second kappa shape index (κ2) is 10.8. The summed E-state index contributed by atoms with van der Waals surface area (Å²) in [5.74, 6) is 0.0329. The molecule has 4 nitrogen and oxygen atoms in total. The van der Waals surface area contributed by atoms with Crippen LogP contribution >= 0.6 is 0 Å². The Balaban J connectivity index is 0.000000758. The second-order valence-electron chi connectivity index (χ2n) is 5.85. The number of nitrogens with zero attached hydrogens (tertiary/aromatic N) is 1. The SMILES string of the molecule is CNC.O=C(CCc1ccccc1)Nc1ccc(-c2ccncc2)cc1. The monoisotopic (exact) mass is 347 g/mol. The van der Waals surface area contributed by atoms with Crippen molar-refractivity contribution in [2.24, 2.45) is 0 Å². The number of aryl methyl sites for hydroxylation is 1. The molecule has 0 fully saturated rings. The van der Waals surface area contributed by atoms with Crippen LogP contribution in [0.2, 0.25) is 0 Å². The Kier molecular flexibility index (Phi) is 8.03. The van der Waals surface area contributed by atoms with Gasteiger partial charge in [-0.05, 0) is 61.5 Å². The summed E-state index contributed by atoms with van der Waals surface area (Å²) in [6.07, 6.45) is 4.78. The molecule has 4 heteroatoms. The summed E-state index contributed by atoms with van der Waals surface area (Å²) in [6.45, 7) is 0. The van der Waals surface area contributed by atoms with Crippen molar-refractivity contribution in [2.75, 3.05) is 19.4 Å². The lowest BCUT2D eigenvalue weighted by Crippen LogP contribution is -2.12. The number of aromatic nitrogens is 1. The molecule has 134 valence electrons. The lowest BCUT2D eigenvalue weighted by atomic mass is 10.1. The molecule has 2 aromatic carbocycles. The summed E-state index contributed by atoms with van der Waals surface area (Å²) < 4.78 is 0. The van der Waals surface area contributed by atoms with Crippen molar-refractivity contribution in [1.82, 2.24) is 10.3 Å². The van der Waals surface area contributed by atoms with Crippen LogP contribution in [0.5, 0.6) is 0 Å². The average molecular weight is 347 g/mol. The molecule has 0 radical (unpaired) electrons. The largest absolute Gasteiger partial charge is 0.326 e. The number of carbonyl (C=O) groups excluding carboxylic acids is 1. The predicted molar refractivity (Wildman–Crippen MR) is 108 cm³/mol. The van der Waals surface area contributed by atoms with E-state index in [9.17, 15) is 4.79 Å². The van der Waals surface area contributed by atoms with Gasteiger partial charge in [-0.2, -0.15) is 0 Å². The fourth-order valence-corrected chi connectivity index (χ4v) is 2.42. The first-order valence-corrected chi connectivity index (χ1v) is 8.65. The lowest BCUT2D eigenvalue weighted by Gasteiger charge is -2.07. The Hall–Kier alpha value is -2.98. The standard InChI is InChI=1S/C20H18N2O.C2H7N/c23-20(11-6-16-4-2-1-3-5-16)22-19-9-7-17(8-10-19)18-12-14-21-15-13-18;1-3-2/h1-5,7-10,12-15H,6,11H2,(H,22,23);3H,1-2H3. The Morgan fingerprint density at radius 2 is 1.42 bits per heavy atom. The highest BCUT2D eigenvalue weighted by Crippen LogP contribution is 2.20. The van der Waals surface area contributed by atoms with Crippen molar-refractivity contribution < 1.29 is 4.79 Å². The summed E-state index contributed by atoms with van der Waals surface area (Å²) >= 11 is 0. The summed E-state index contributed by atoms with van der Waals surface area (Å²) in [5, 5.41) is 5.69. The van der Waals surface area contributed by atoms with E-state index in [1.54, 1.807) is 12.4 Å². The molecule has 0 saturated carbocycles. The Morgan fingerprint density at radius 1 is 0.846 bits per heavy atom. The van der Waals surface area contributed by atoms with Crippen LogP contribution < -0.4 is 10.6 Å². The predicted octanol–water partition coefficient (Wildman–Crippen LogP) is 4.16. The van der Waals surface area contributed by atoms with Gasteiger partial charge in [0.2, 0.25) is 5.91 Å². The maximum Gasteiger partial charge on any atom is 0.224 e. The van der Waals surface area contributed by atoms with Crippen LogP contribution in [0.4, 0.5) is 5.69 Å².